The van der Waals surface area contributed by atoms with E-state index in [4.69, 9.17) is 46.4 Å². The predicted molar refractivity (Wildman–Crippen MR) is 81.5 cm³/mol. The summed E-state index contributed by atoms with van der Waals surface area (Å²) in [4.78, 5) is 0. The summed E-state index contributed by atoms with van der Waals surface area (Å²) >= 11 is 24.3. The first-order valence-corrected chi connectivity index (χ1v) is 6.74. The van der Waals surface area contributed by atoms with Crippen molar-refractivity contribution in [2.75, 3.05) is 0 Å². The second-order valence-electron chi connectivity index (χ2n) is 4.05. The van der Waals surface area contributed by atoms with Crippen LogP contribution in [0.1, 0.15) is 0 Å². The standard InChI is InChI=1S/C14H6Cl4/c15-10-2-1-7-5-11-9(3-8(7)4-10)6-12(16)14(18)13(11)17/h1-6H. The van der Waals surface area contributed by atoms with Crippen LogP contribution >= 0.6 is 46.4 Å². The molecule has 3 aromatic rings. The normalized spacial score (nSPS) is 11.3. The van der Waals surface area contributed by atoms with Gasteiger partial charge in [0.15, 0.2) is 0 Å². The first-order valence-electron chi connectivity index (χ1n) is 5.23. The van der Waals surface area contributed by atoms with E-state index in [-0.39, 0.29) is 0 Å². The van der Waals surface area contributed by atoms with Crippen LogP contribution in [0.2, 0.25) is 20.1 Å². The summed E-state index contributed by atoms with van der Waals surface area (Å²) in [7, 11) is 0. The van der Waals surface area contributed by atoms with Gasteiger partial charge in [0, 0.05) is 10.4 Å². The molecule has 0 aliphatic heterocycles. The second-order valence-corrected chi connectivity index (χ2v) is 5.65. The maximum absolute atomic E-state index is 6.22. The Hall–Kier alpha value is -0.660. The predicted octanol–water partition coefficient (Wildman–Crippen LogP) is 6.61. The molecule has 0 aliphatic rings. The van der Waals surface area contributed by atoms with Crippen molar-refractivity contribution in [2.45, 2.75) is 0 Å². The number of benzene rings is 3. The summed E-state index contributed by atoms with van der Waals surface area (Å²) in [5.74, 6) is 0. The van der Waals surface area contributed by atoms with Crippen molar-refractivity contribution in [3.63, 3.8) is 0 Å². The van der Waals surface area contributed by atoms with Crippen LogP contribution in [0.5, 0.6) is 0 Å². The molecule has 0 N–H and O–H groups in total. The lowest BCUT2D eigenvalue weighted by Gasteiger charge is -2.07. The van der Waals surface area contributed by atoms with E-state index in [9.17, 15) is 0 Å². The van der Waals surface area contributed by atoms with Crippen molar-refractivity contribution < 1.29 is 0 Å². The maximum atomic E-state index is 6.22. The Morgan fingerprint density at radius 2 is 1.39 bits per heavy atom. The summed E-state index contributed by atoms with van der Waals surface area (Å²) in [5.41, 5.74) is 0. The van der Waals surface area contributed by atoms with E-state index in [0.29, 0.717) is 20.1 Å². The van der Waals surface area contributed by atoms with E-state index in [2.05, 4.69) is 0 Å². The van der Waals surface area contributed by atoms with Gasteiger partial charge in [-0.25, -0.2) is 0 Å². The largest absolute Gasteiger partial charge is 0.0843 e. The number of halogens is 4. The lowest BCUT2D eigenvalue weighted by molar-refractivity contribution is 1.75. The molecule has 0 atom stereocenters. The minimum atomic E-state index is 0.388. The molecule has 18 heavy (non-hydrogen) atoms. The van der Waals surface area contributed by atoms with Gasteiger partial charge in [-0.15, -0.1) is 0 Å². The average molecular weight is 316 g/mol. The smallest absolute Gasteiger partial charge is 0.0785 e. The van der Waals surface area contributed by atoms with Crippen molar-refractivity contribution >= 4 is 67.9 Å². The lowest BCUT2D eigenvalue weighted by atomic mass is 10.0. The van der Waals surface area contributed by atoms with E-state index in [1.54, 1.807) is 0 Å². The Labute approximate surface area is 124 Å². The Morgan fingerprint density at radius 3 is 2.17 bits per heavy atom. The Bertz CT molecular complexity index is 778. The Kier molecular flexibility index (Phi) is 3.07. The van der Waals surface area contributed by atoms with Crippen molar-refractivity contribution in [3.8, 4) is 0 Å². The van der Waals surface area contributed by atoms with E-state index in [0.717, 1.165) is 21.5 Å². The number of fused-ring (bicyclic) bond motifs is 2. The van der Waals surface area contributed by atoms with Gasteiger partial charge in [0.1, 0.15) is 0 Å². The van der Waals surface area contributed by atoms with Gasteiger partial charge in [0.2, 0.25) is 0 Å². The second kappa shape index (κ2) is 4.47. The van der Waals surface area contributed by atoms with E-state index in [1.165, 1.54) is 0 Å². The van der Waals surface area contributed by atoms with Crippen molar-refractivity contribution in [1.82, 2.24) is 0 Å². The molecule has 3 aromatic carbocycles. The molecule has 0 fully saturated rings. The third-order valence-corrected chi connectivity index (χ3v) is 4.40. The zero-order valence-electron chi connectivity index (χ0n) is 8.98. The molecular weight excluding hydrogens is 310 g/mol. The fourth-order valence-electron chi connectivity index (χ4n) is 2.02. The topological polar surface area (TPSA) is 0 Å². The quantitative estimate of drug-likeness (QED) is 0.323. The monoisotopic (exact) mass is 314 g/mol. The molecule has 0 spiro atoms. The zero-order valence-corrected chi connectivity index (χ0v) is 12.0. The molecule has 0 radical (unpaired) electrons. The van der Waals surface area contributed by atoms with E-state index in [1.807, 2.05) is 36.4 Å². The maximum Gasteiger partial charge on any atom is 0.0785 e. The van der Waals surface area contributed by atoms with Crippen LogP contribution in [0.15, 0.2) is 36.4 Å². The molecule has 0 aromatic heterocycles. The summed E-state index contributed by atoms with van der Waals surface area (Å²) in [6.45, 7) is 0. The summed E-state index contributed by atoms with van der Waals surface area (Å²) in [6, 6.07) is 11.5. The molecule has 0 aliphatic carbocycles. The molecule has 0 unspecified atom stereocenters. The van der Waals surface area contributed by atoms with Gasteiger partial charge < -0.3 is 0 Å². The highest BCUT2D eigenvalue weighted by molar-refractivity contribution is 6.50. The Morgan fingerprint density at radius 1 is 0.611 bits per heavy atom. The first-order chi connectivity index (χ1) is 8.56. The van der Waals surface area contributed by atoms with Gasteiger partial charge in [-0.05, 0) is 46.5 Å². The van der Waals surface area contributed by atoms with Crippen LogP contribution < -0.4 is 0 Å². The number of hydrogen-bond donors (Lipinski definition) is 0. The zero-order chi connectivity index (χ0) is 12.9. The van der Waals surface area contributed by atoms with Gasteiger partial charge in [0.25, 0.3) is 0 Å². The summed E-state index contributed by atoms with van der Waals surface area (Å²) in [6.07, 6.45) is 0. The van der Waals surface area contributed by atoms with Gasteiger partial charge in [0.05, 0.1) is 15.1 Å². The lowest BCUT2D eigenvalue weighted by Crippen LogP contribution is -1.80. The third-order valence-electron chi connectivity index (χ3n) is 2.89. The highest BCUT2D eigenvalue weighted by Crippen LogP contribution is 2.38. The van der Waals surface area contributed by atoms with Crippen LogP contribution in [0.25, 0.3) is 21.5 Å². The van der Waals surface area contributed by atoms with Crippen LogP contribution in [0, 0.1) is 0 Å². The van der Waals surface area contributed by atoms with Crippen molar-refractivity contribution in [3.05, 3.63) is 56.5 Å². The summed E-state index contributed by atoms with van der Waals surface area (Å²) in [5, 5.41) is 5.97. The molecule has 3 rings (SSSR count). The SMILES string of the molecule is Clc1ccc2cc3c(Cl)c(Cl)c(Cl)cc3cc2c1. The van der Waals surface area contributed by atoms with E-state index >= 15 is 0 Å². The molecule has 0 amide bonds. The molecular formula is C14H6Cl4. The Balaban J connectivity index is 2.49. The number of hydrogen-bond acceptors (Lipinski definition) is 0. The third kappa shape index (κ3) is 1.94. The van der Waals surface area contributed by atoms with Gasteiger partial charge in [-0.2, -0.15) is 0 Å². The van der Waals surface area contributed by atoms with Crippen LogP contribution in [0.4, 0.5) is 0 Å². The van der Waals surface area contributed by atoms with Crippen LogP contribution in [0.3, 0.4) is 0 Å². The van der Waals surface area contributed by atoms with Gasteiger partial charge >= 0.3 is 0 Å². The van der Waals surface area contributed by atoms with Crippen LogP contribution in [-0.4, -0.2) is 0 Å². The molecule has 90 valence electrons. The van der Waals surface area contributed by atoms with Gasteiger partial charge in [-0.1, -0.05) is 52.5 Å². The highest BCUT2D eigenvalue weighted by atomic mass is 35.5. The van der Waals surface area contributed by atoms with Crippen LogP contribution in [-0.2, 0) is 0 Å². The van der Waals surface area contributed by atoms with Crippen molar-refractivity contribution in [1.29, 1.82) is 0 Å². The van der Waals surface area contributed by atoms with Gasteiger partial charge in [-0.3, -0.25) is 0 Å². The minimum absolute atomic E-state index is 0.388. The molecule has 0 saturated heterocycles. The van der Waals surface area contributed by atoms with E-state index < -0.39 is 0 Å². The average Bonchev–Trinajstić information content (AvgIpc) is 2.34. The summed E-state index contributed by atoms with van der Waals surface area (Å²) < 4.78 is 0. The fourth-order valence-corrected chi connectivity index (χ4v) is 2.88. The fraction of sp³-hybridized carbons (Fsp3) is 0. The van der Waals surface area contributed by atoms with Crippen molar-refractivity contribution in [2.24, 2.45) is 0 Å². The minimum Gasteiger partial charge on any atom is -0.0843 e. The highest BCUT2D eigenvalue weighted by Gasteiger charge is 2.10. The first kappa shape index (κ1) is 12.4. The molecule has 0 heterocycles. The molecule has 4 heteroatoms. The number of rotatable bonds is 0. The molecule has 0 saturated carbocycles. The molecule has 0 nitrogen and oxygen atoms in total. The molecule has 0 bridgehead atoms.